The minimum Gasteiger partial charge on any atom is -0.461 e. The van der Waals surface area contributed by atoms with Gasteiger partial charge in [0.1, 0.15) is 12.7 Å². The lowest BCUT2D eigenvalue weighted by Crippen LogP contribution is -2.62. The van der Waals surface area contributed by atoms with Crippen LogP contribution < -0.4 is 16.1 Å². The monoisotopic (exact) mass is 613 g/mol. The Bertz CT molecular complexity index is 1120. The normalized spacial score (nSPS) is 22.9. The van der Waals surface area contributed by atoms with Crippen LogP contribution in [0.2, 0.25) is 0 Å². The zero-order valence-corrected chi connectivity index (χ0v) is 25.4. The molecule has 15 heteroatoms. The van der Waals surface area contributed by atoms with Crippen LogP contribution in [0.5, 0.6) is 0 Å². The molecule has 0 saturated carbocycles. The summed E-state index contributed by atoms with van der Waals surface area (Å²) in [6, 6.07) is 5.43. The van der Waals surface area contributed by atoms with E-state index in [0.29, 0.717) is 38.2 Å². The maximum absolute atomic E-state index is 13.6. The zero-order valence-electron chi connectivity index (χ0n) is 23.8. The summed E-state index contributed by atoms with van der Waals surface area (Å²) in [6.07, 6.45) is 1.00. The molecule has 41 heavy (non-hydrogen) atoms. The highest BCUT2D eigenvalue weighted by Gasteiger charge is 2.47. The number of benzene rings is 1. The van der Waals surface area contributed by atoms with E-state index in [1.54, 1.807) is 18.9 Å². The number of ether oxygens (including phenoxy) is 2. The van der Waals surface area contributed by atoms with Gasteiger partial charge in [-0.15, -0.1) is 11.8 Å². The molecule has 5 atom stereocenters. The van der Waals surface area contributed by atoms with Crippen LogP contribution in [0.25, 0.3) is 0 Å². The van der Waals surface area contributed by atoms with Gasteiger partial charge in [-0.25, -0.2) is 9.80 Å². The summed E-state index contributed by atoms with van der Waals surface area (Å²) in [5.41, 5.74) is 3.42. The number of carbonyl (C=O) groups excluding carboxylic acids is 4. The van der Waals surface area contributed by atoms with Gasteiger partial charge in [0, 0.05) is 50.7 Å². The van der Waals surface area contributed by atoms with E-state index >= 15 is 0 Å². The molecule has 3 rings (SSSR count). The Hall–Kier alpha value is -2.72. The molecule has 228 valence electrons. The van der Waals surface area contributed by atoms with E-state index in [1.807, 2.05) is 0 Å². The first-order chi connectivity index (χ1) is 19.5. The van der Waals surface area contributed by atoms with Gasteiger partial charge in [0.2, 0.25) is 5.91 Å². The van der Waals surface area contributed by atoms with Crippen molar-refractivity contribution in [3.63, 3.8) is 0 Å². The van der Waals surface area contributed by atoms with Gasteiger partial charge in [-0.1, -0.05) is 10.0 Å². The van der Waals surface area contributed by atoms with E-state index in [4.69, 9.17) is 9.47 Å². The standard InChI is InChI=1S/C26H39N5O8S2/c1-17(39-19(3)32)23-14-27-12-13-30(23)29-25(34)18(2)40-16-41(20(4)33,24-6-5-11-28-24)26(35)38-15-21-7-9-22(10-8-21)31(36)37/h7-10,17-18,23-24,27-28H,5-6,11-16H2,1-4H3,(H,29,34)/t17-,18-,23-,24-/m0/s1. The second kappa shape index (κ2) is 15.0. The Morgan fingerprint density at radius 3 is 2.49 bits per heavy atom. The van der Waals surface area contributed by atoms with E-state index in [9.17, 15) is 29.3 Å². The Morgan fingerprint density at radius 1 is 1.20 bits per heavy atom. The van der Waals surface area contributed by atoms with Gasteiger partial charge in [-0.3, -0.25) is 29.9 Å². The van der Waals surface area contributed by atoms with Crippen LogP contribution in [0, 0.1) is 10.1 Å². The zero-order chi connectivity index (χ0) is 30.2. The molecular formula is C26H39N5O8S2. The Balaban J connectivity index is 1.69. The molecule has 0 aromatic heterocycles. The molecule has 2 aliphatic rings. The fraction of sp³-hybridized carbons (Fsp3) is 0.615. The molecule has 0 radical (unpaired) electrons. The SMILES string of the molecule is CC(=O)O[C@@H](C)[C@@H]1CNCCN1NC(=O)[C@H](C)SCS(C(C)=O)(C(=O)OCc1ccc([N+](=O)[O-])cc1)[C@H]1CCCN1. The molecule has 0 bridgehead atoms. The third kappa shape index (κ3) is 8.41. The first-order valence-electron chi connectivity index (χ1n) is 13.5. The molecule has 2 saturated heterocycles. The van der Waals surface area contributed by atoms with Crippen molar-refractivity contribution < 1.29 is 33.6 Å². The number of rotatable bonds is 11. The summed E-state index contributed by atoms with van der Waals surface area (Å²) in [6.45, 7) is 8.48. The lowest BCUT2D eigenvalue weighted by Gasteiger charge is -2.40. The number of non-ortho nitro benzene ring substituents is 1. The Morgan fingerprint density at radius 2 is 1.90 bits per heavy atom. The van der Waals surface area contributed by atoms with Crippen molar-refractivity contribution in [2.45, 2.75) is 69.9 Å². The van der Waals surface area contributed by atoms with Crippen LogP contribution in [0.1, 0.15) is 46.1 Å². The van der Waals surface area contributed by atoms with Gasteiger partial charge in [-0.2, -0.15) is 0 Å². The molecule has 2 aliphatic heterocycles. The fourth-order valence-corrected chi connectivity index (χ4v) is 10.4. The smallest absolute Gasteiger partial charge is 0.358 e. The van der Waals surface area contributed by atoms with Crippen molar-refractivity contribution in [3.8, 4) is 0 Å². The molecule has 1 unspecified atom stereocenters. The summed E-state index contributed by atoms with van der Waals surface area (Å²) >= 11 is 1.23. The molecule has 1 aromatic carbocycles. The molecule has 2 fully saturated rings. The predicted octanol–water partition coefficient (Wildman–Crippen LogP) is 2.63. The summed E-state index contributed by atoms with van der Waals surface area (Å²) < 4.78 is 11.0. The highest BCUT2D eigenvalue weighted by Crippen LogP contribution is 2.59. The molecular weight excluding hydrogens is 574 g/mol. The third-order valence-corrected chi connectivity index (χ3v) is 13.0. The topological polar surface area (TPSA) is 169 Å². The highest BCUT2D eigenvalue weighted by molar-refractivity contribution is 8.59. The largest absolute Gasteiger partial charge is 0.461 e. The number of nitro groups is 1. The maximum atomic E-state index is 13.6. The molecule has 3 N–H and O–H groups in total. The van der Waals surface area contributed by atoms with E-state index in [-0.39, 0.29) is 39.8 Å². The molecule has 2 heterocycles. The van der Waals surface area contributed by atoms with Crippen LogP contribution >= 0.6 is 21.8 Å². The average molecular weight is 614 g/mol. The predicted molar refractivity (Wildman–Crippen MR) is 157 cm³/mol. The summed E-state index contributed by atoms with van der Waals surface area (Å²) in [4.78, 5) is 61.9. The van der Waals surface area contributed by atoms with E-state index in [0.717, 1.165) is 6.42 Å². The number of carbonyl (C=O) groups is 4. The van der Waals surface area contributed by atoms with Gasteiger partial charge in [-0.05, 0) is 50.9 Å². The third-order valence-electron chi connectivity index (χ3n) is 7.12. The quantitative estimate of drug-likeness (QED) is 0.190. The lowest BCUT2D eigenvalue weighted by atomic mass is 10.1. The maximum Gasteiger partial charge on any atom is 0.358 e. The van der Waals surface area contributed by atoms with Gasteiger partial charge >= 0.3 is 11.3 Å². The number of hydrazine groups is 1. The summed E-state index contributed by atoms with van der Waals surface area (Å²) in [5.74, 6) is -0.685. The van der Waals surface area contributed by atoms with E-state index in [1.165, 1.54) is 49.9 Å². The Kier molecular flexibility index (Phi) is 12.0. The molecule has 1 aromatic rings. The van der Waals surface area contributed by atoms with Crippen molar-refractivity contribution >= 4 is 49.8 Å². The van der Waals surface area contributed by atoms with Crippen molar-refractivity contribution in [1.82, 2.24) is 21.1 Å². The second-order valence-corrected chi connectivity index (χ2v) is 15.1. The van der Waals surface area contributed by atoms with Gasteiger partial charge in [0.15, 0.2) is 5.12 Å². The molecule has 0 aliphatic carbocycles. The number of nitrogens with zero attached hydrogens (tertiary/aromatic N) is 2. The van der Waals surface area contributed by atoms with E-state index < -0.39 is 37.6 Å². The van der Waals surface area contributed by atoms with Crippen LogP contribution in [0.15, 0.2) is 24.3 Å². The van der Waals surface area contributed by atoms with Crippen LogP contribution in [-0.4, -0.2) is 86.3 Å². The number of hydrogen-bond acceptors (Lipinski definition) is 12. The summed E-state index contributed by atoms with van der Waals surface area (Å²) in [5, 5.41) is 17.5. The Labute approximate surface area is 245 Å². The number of hydrogen-bond donors (Lipinski definition) is 3. The molecule has 13 nitrogen and oxygen atoms in total. The number of amides is 1. The average Bonchev–Trinajstić information content (AvgIpc) is 3.47. The van der Waals surface area contributed by atoms with Crippen molar-refractivity contribution in [2.24, 2.45) is 0 Å². The molecule has 1 amide bonds. The second-order valence-electron chi connectivity index (χ2n) is 10.0. The van der Waals surface area contributed by atoms with Crippen LogP contribution in [0.4, 0.5) is 10.5 Å². The number of nitro benzene ring substituents is 1. The minimum atomic E-state index is -2.68. The number of thioether (sulfide) groups is 1. The van der Waals surface area contributed by atoms with Crippen LogP contribution in [0.3, 0.4) is 0 Å². The fourth-order valence-electron chi connectivity index (χ4n) is 4.75. The van der Waals surface area contributed by atoms with Gasteiger partial charge in [0.05, 0.1) is 21.6 Å². The van der Waals surface area contributed by atoms with Gasteiger partial charge in [0.25, 0.3) is 5.69 Å². The van der Waals surface area contributed by atoms with Crippen molar-refractivity contribution in [3.05, 3.63) is 39.9 Å². The van der Waals surface area contributed by atoms with E-state index in [2.05, 4.69) is 16.1 Å². The number of nitrogens with one attached hydrogen (secondary N) is 3. The van der Waals surface area contributed by atoms with Gasteiger partial charge < -0.3 is 20.1 Å². The summed E-state index contributed by atoms with van der Waals surface area (Å²) in [7, 11) is -2.68. The number of esters is 1. The van der Waals surface area contributed by atoms with Crippen molar-refractivity contribution in [1.29, 1.82) is 0 Å². The van der Waals surface area contributed by atoms with Crippen LogP contribution in [-0.2, 0) is 30.5 Å². The highest BCUT2D eigenvalue weighted by atomic mass is 32.3. The minimum absolute atomic E-state index is 0.0735. The first kappa shape index (κ1) is 32.8. The lowest BCUT2D eigenvalue weighted by molar-refractivity contribution is -0.384. The first-order valence-corrected chi connectivity index (χ1v) is 16.4. The number of piperazine rings is 1. The molecule has 0 spiro atoms. The van der Waals surface area contributed by atoms with Crippen molar-refractivity contribution in [2.75, 3.05) is 31.3 Å².